The number of nitrogens with one attached hydrogen (secondary N) is 1. The first-order valence-corrected chi connectivity index (χ1v) is 6.97. The van der Waals surface area contributed by atoms with Gasteiger partial charge in [0.25, 0.3) is 0 Å². The molecule has 1 atom stereocenters. The molecule has 0 bridgehead atoms. The minimum Gasteiger partial charge on any atom is -0.383 e. The Hall–Kier alpha value is -2.03. The van der Waals surface area contributed by atoms with Crippen LogP contribution in [0.5, 0.6) is 0 Å². The highest BCUT2D eigenvalue weighted by atomic mass is 35.5. The van der Waals surface area contributed by atoms with Crippen LogP contribution in [-0.4, -0.2) is 35.3 Å². The van der Waals surface area contributed by atoms with Gasteiger partial charge in [-0.3, -0.25) is 4.68 Å². The van der Waals surface area contributed by atoms with Gasteiger partial charge in [-0.25, -0.2) is 0 Å². The second-order valence-electron chi connectivity index (χ2n) is 5.11. The molecule has 0 aliphatic carbocycles. The molecule has 0 aliphatic rings. The molecule has 21 heavy (non-hydrogen) atoms. The molecule has 0 saturated carbocycles. The van der Waals surface area contributed by atoms with Gasteiger partial charge in [-0.1, -0.05) is 11.6 Å². The van der Waals surface area contributed by atoms with Gasteiger partial charge in [-0.2, -0.15) is 10.4 Å². The average Bonchev–Trinajstić information content (AvgIpc) is 2.85. The van der Waals surface area contributed by atoms with Crippen molar-refractivity contribution in [1.29, 1.82) is 5.26 Å². The summed E-state index contributed by atoms with van der Waals surface area (Å²) < 4.78 is 1.80. The van der Waals surface area contributed by atoms with Crippen LogP contribution in [0.2, 0.25) is 5.02 Å². The number of likely N-dealkylation sites (N-methyl/N-ethyl adjacent to an activating group) is 1. The fourth-order valence-corrected chi connectivity index (χ4v) is 2.36. The molecule has 6 heteroatoms. The van der Waals surface area contributed by atoms with E-state index in [0.717, 1.165) is 17.8 Å². The molecule has 0 aliphatic heterocycles. The van der Waals surface area contributed by atoms with Crippen LogP contribution < -0.4 is 5.32 Å². The Morgan fingerprint density at radius 2 is 2.24 bits per heavy atom. The topological polar surface area (TPSA) is 56.9 Å². The van der Waals surface area contributed by atoms with Crippen molar-refractivity contribution < 1.29 is 0 Å². The van der Waals surface area contributed by atoms with E-state index < -0.39 is 0 Å². The number of nitrogens with zero attached hydrogens (tertiary/aromatic N) is 4. The molecule has 1 unspecified atom stereocenters. The Balaban J connectivity index is 2.09. The zero-order valence-corrected chi connectivity index (χ0v) is 13.1. The van der Waals surface area contributed by atoms with Crippen LogP contribution in [0.15, 0.2) is 30.6 Å². The third kappa shape index (κ3) is 3.75. The van der Waals surface area contributed by atoms with E-state index in [-0.39, 0.29) is 6.04 Å². The van der Waals surface area contributed by atoms with Crippen molar-refractivity contribution >= 4 is 17.3 Å². The molecule has 1 aromatic carbocycles. The molecule has 110 valence electrons. The van der Waals surface area contributed by atoms with Crippen molar-refractivity contribution in [3.63, 3.8) is 0 Å². The maximum atomic E-state index is 8.88. The first kappa shape index (κ1) is 15.4. The van der Waals surface area contributed by atoms with E-state index in [1.54, 1.807) is 16.8 Å². The molecule has 0 fully saturated rings. The maximum Gasteiger partial charge on any atom is 0.101 e. The predicted molar refractivity (Wildman–Crippen MR) is 84.3 cm³/mol. The van der Waals surface area contributed by atoms with Crippen molar-refractivity contribution in [3.05, 3.63) is 46.7 Å². The van der Waals surface area contributed by atoms with Crippen LogP contribution in [0, 0.1) is 11.3 Å². The number of nitriles is 1. The Bertz CT molecular complexity index is 656. The van der Waals surface area contributed by atoms with Crippen molar-refractivity contribution in [3.8, 4) is 6.07 Å². The van der Waals surface area contributed by atoms with Gasteiger partial charge in [0.15, 0.2) is 0 Å². The molecule has 0 amide bonds. The van der Waals surface area contributed by atoms with Gasteiger partial charge < -0.3 is 10.2 Å². The van der Waals surface area contributed by atoms with Crippen molar-refractivity contribution in [1.82, 2.24) is 14.7 Å². The van der Waals surface area contributed by atoms with Crippen molar-refractivity contribution in [2.24, 2.45) is 7.05 Å². The van der Waals surface area contributed by atoms with Gasteiger partial charge in [0.05, 0.1) is 22.8 Å². The van der Waals surface area contributed by atoms with E-state index in [1.807, 2.05) is 39.6 Å². The van der Waals surface area contributed by atoms with Crippen LogP contribution in [-0.2, 0) is 7.05 Å². The van der Waals surface area contributed by atoms with Gasteiger partial charge in [0.1, 0.15) is 6.07 Å². The van der Waals surface area contributed by atoms with E-state index >= 15 is 0 Å². The number of aryl methyl sites for hydroxylation is 1. The van der Waals surface area contributed by atoms with Crippen LogP contribution >= 0.6 is 11.6 Å². The molecule has 1 heterocycles. The largest absolute Gasteiger partial charge is 0.383 e. The van der Waals surface area contributed by atoms with E-state index in [4.69, 9.17) is 16.9 Å². The van der Waals surface area contributed by atoms with Crippen molar-refractivity contribution in [2.45, 2.75) is 6.04 Å². The highest BCUT2D eigenvalue weighted by Gasteiger charge is 2.15. The molecule has 0 spiro atoms. The summed E-state index contributed by atoms with van der Waals surface area (Å²) in [7, 11) is 5.97. The predicted octanol–water partition coefficient (Wildman–Crippen LogP) is 2.66. The lowest BCUT2D eigenvalue weighted by molar-refractivity contribution is 0.311. The number of aromatic nitrogens is 2. The molecule has 1 N–H and O–H groups in total. The second kappa shape index (κ2) is 6.61. The monoisotopic (exact) mass is 303 g/mol. The quantitative estimate of drug-likeness (QED) is 0.922. The van der Waals surface area contributed by atoms with Crippen LogP contribution in [0.4, 0.5) is 5.69 Å². The standard InChI is InChI=1S/C15H18ClN5/c1-20(2)15(12-8-19-21(3)10-12)9-18-13-5-4-11(7-17)14(16)6-13/h4-6,8,10,15,18H,9H2,1-3H3. The molecule has 0 radical (unpaired) electrons. The highest BCUT2D eigenvalue weighted by Crippen LogP contribution is 2.22. The summed E-state index contributed by atoms with van der Waals surface area (Å²) >= 11 is 6.04. The fraction of sp³-hybridized carbons (Fsp3) is 0.333. The summed E-state index contributed by atoms with van der Waals surface area (Å²) in [5.41, 5.74) is 2.53. The average molecular weight is 304 g/mol. The molecular weight excluding hydrogens is 286 g/mol. The summed E-state index contributed by atoms with van der Waals surface area (Å²) in [5.74, 6) is 0. The minimum atomic E-state index is 0.202. The molecule has 2 aromatic rings. The lowest BCUT2D eigenvalue weighted by Gasteiger charge is -2.24. The Kier molecular flexibility index (Phi) is 4.84. The van der Waals surface area contributed by atoms with E-state index in [1.165, 1.54) is 0 Å². The van der Waals surface area contributed by atoms with E-state index in [2.05, 4.69) is 21.4 Å². The van der Waals surface area contributed by atoms with Gasteiger partial charge >= 0.3 is 0 Å². The lowest BCUT2D eigenvalue weighted by atomic mass is 10.1. The molecular formula is C15H18ClN5. The Labute approximate surface area is 129 Å². The lowest BCUT2D eigenvalue weighted by Crippen LogP contribution is -2.26. The van der Waals surface area contributed by atoms with Crippen molar-refractivity contribution in [2.75, 3.05) is 26.0 Å². The van der Waals surface area contributed by atoms with E-state index in [0.29, 0.717) is 10.6 Å². The highest BCUT2D eigenvalue weighted by molar-refractivity contribution is 6.32. The third-order valence-electron chi connectivity index (χ3n) is 3.32. The summed E-state index contributed by atoms with van der Waals surface area (Å²) in [6.07, 6.45) is 3.89. The number of hydrogen-bond acceptors (Lipinski definition) is 4. The fourth-order valence-electron chi connectivity index (χ4n) is 2.14. The first-order valence-electron chi connectivity index (χ1n) is 6.59. The summed E-state index contributed by atoms with van der Waals surface area (Å²) in [4.78, 5) is 2.13. The van der Waals surface area contributed by atoms with E-state index in [9.17, 15) is 0 Å². The molecule has 0 saturated heterocycles. The molecule has 5 nitrogen and oxygen atoms in total. The zero-order valence-electron chi connectivity index (χ0n) is 12.3. The first-order chi connectivity index (χ1) is 10.0. The van der Waals surface area contributed by atoms with Crippen LogP contribution in [0.25, 0.3) is 0 Å². The van der Waals surface area contributed by atoms with Gasteiger partial charge in [0.2, 0.25) is 0 Å². The normalized spacial score (nSPS) is 12.2. The smallest absolute Gasteiger partial charge is 0.101 e. The number of rotatable bonds is 5. The minimum absolute atomic E-state index is 0.202. The van der Waals surface area contributed by atoms with Crippen LogP contribution in [0.1, 0.15) is 17.2 Å². The van der Waals surface area contributed by atoms with Gasteiger partial charge in [-0.05, 0) is 32.3 Å². The summed E-state index contributed by atoms with van der Waals surface area (Å²) in [6, 6.07) is 7.61. The Morgan fingerprint density at radius 3 is 2.76 bits per heavy atom. The third-order valence-corrected chi connectivity index (χ3v) is 3.63. The SMILES string of the molecule is CN(C)C(CNc1ccc(C#N)c(Cl)c1)c1cnn(C)c1. The number of hydrogen-bond donors (Lipinski definition) is 1. The number of anilines is 1. The summed E-state index contributed by atoms with van der Waals surface area (Å²) in [5, 5.41) is 16.9. The second-order valence-corrected chi connectivity index (χ2v) is 5.52. The molecule has 1 aromatic heterocycles. The number of halogens is 1. The molecule has 2 rings (SSSR count). The van der Waals surface area contributed by atoms with Gasteiger partial charge in [0, 0.05) is 31.0 Å². The Morgan fingerprint density at radius 1 is 1.48 bits per heavy atom. The zero-order chi connectivity index (χ0) is 15.4. The van der Waals surface area contributed by atoms with Crippen LogP contribution in [0.3, 0.4) is 0 Å². The number of benzene rings is 1. The van der Waals surface area contributed by atoms with Gasteiger partial charge in [-0.15, -0.1) is 0 Å². The summed E-state index contributed by atoms with van der Waals surface area (Å²) in [6.45, 7) is 0.723. The maximum absolute atomic E-state index is 8.88.